The fourth-order valence-corrected chi connectivity index (χ4v) is 0.539. The Kier molecular flexibility index (Phi) is 5.43. The maximum absolute atomic E-state index is 10.6. The van der Waals surface area contributed by atoms with Gasteiger partial charge in [0.15, 0.2) is 0 Å². The summed E-state index contributed by atoms with van der Waals surface area (Å²) in [5.74, 6) is -2.76. The van der Waals surface area contributed by atoms with Gasteiger partial charge in [-0.3, -0.25) is 0 Å². The molecule has 84 valence electrons. The standard InChI is InChI=1S/C4H10N2O.C2HF3O2/c1-7-6-4-2-5-3-4;3-2(4,5)1(6)7/h4-6H,2-3H2,1H3;(H,6,7). The highest BCUT2D eigenvalue weighted by Crippen LogP contribution is 2.13. The lowest BCUT2D eigenvalue weighted by Crippen LogP contribution is -2.54. The molecule has 0 unspecified atom stereocenters. The number of alkyl halides is 3. The lowest BCUT2D eigenvalue weighted by atomic mass is 10.2. The Balaban J connectivity index is 0.000000241. The summed E-state index contributed by atoms with van der Waals surface area (Å²) in [6.45, 7) is 2.07. The second-order valence-corrected chi connectivity index (χ2v) is 2.48. The molecule has 1 aliphatic rings. The zero-order chi connectivity index (χ0) is 11.2. The topological polar surface area (TPSA) is 70.6 Å². The number of carboxylic acids is 1. The molecule has 0 aromatic heterocycles. The monoisotopic (exact) mass is 216 g/mol. The second-order valence-electron chi connectivity index (χ2n) is 2.48. The highest BCUT2D eigenvalue weighted by molar-refractivity contribution is 5.73. The molecule has 0 aromatic carbocycles. The summed E-state index contributed by atoms with van der Waals surface area (Å²) >= 11 is 0. The maximum Gasteiger partial charge on any atom is 0.490 e. The van der Waals surface area contributed by atoms with E-state index in [1.54, 1.807) is 7.11 Å². The van der Waals surface area contributed by atoms with Crippen molar-refractivity contribution in [2.45, 2.75) is 12.2 Å². The average molecular weight is 216 g/mol. The molecule has 0 spiro atoms. The van der Waals surface area contributed by atoms with Crippen molar-refractivity contribution in [3.8, 4) is 0 Å². The van der Waals surface area contributed by atoms with Gasteiger partial charge in [0.1, 0.15) is 0 Å². The number of nitrogens with one attached hydrogen (secondary N) is 2. The Morgan fingerprint density at radius 2 is 2.00 bits per heavy atom. The highest BCUT2D eigenvalue weighted by Gasteiger charge is 2.38. The SMILES string of the molecule is CONC1CNC1.O=C(O)C(F)(F)F. The Labute approximate surface area is 78.2 Å². The molecule has 0 saturated carbocycles. The molecule has 1 saturated heterocycles. The summed E-state index contributed by atoms with van der Waals surface area (Å²) in [5, 5.41) is 10.2. The summed E-state index contributed by atoms with van der Waals surface area (Å²) in [6, 6.07) is 0.546. The van der Waals surface area contributed by atoms with Crippen LogP contribution in [0.5, 0.6) is 0 Å². The van der Waals surface area contributed by atoms with Gasteiger partial charge in [-0.05, 0) is 0 Å². The van der Waals surface area contributed by atoms with Crippen LogP contribution < -0.4 is 10.8 Å². The van der Waals surface area contributed by atoms with E-state index in [9.17, 15) is 13.2 Å². The zero-order valence-electron chi connectivity index (χ0n) is 7.39. The zero-order valence-corrected chi connectivity index (χ0v) is 7.39. The van der Waals surface area contributed by atoms with Gasteiger partial charge < -0.3 is 15.3 Å². The van der Waals surface area contributed by atoms with Gasteiger partial charge >= 0.3 is 12.1 Å². The average Bonchev–Trinajstić information content (AvgIpc) is 1.96. The molecule has 0 amide bonds. The highest BCUT2D eigenvalue weighted by atomic mass is 19.4. The van der Waals surface area contributed by atoms with Crippen LogP contribution in [0, 0.1) is 0 Å². The molecule has 1 heterocycles. The Morgan fingerprint density at radius 1 is 1.57 bits per heavy atom. The Bertz CT molecular complexity index is 182. The van der Waals surface area contributed by atoms with Crippen molar-refractivity contribution in [3.63, 3.8) is 0 Å². The third-order valence-electron chi connectivity index (χ3n) is 1.31. The number of hydrogen-bond donors (Lipinski definition) is 3. The fourth-order valence-electron chi connectivity index (χ4n) is 0.539. The van der Waals surface area contributed by atoms with Crippen LogP contribution in [-0.4, -0.2) is 43.5 Å². The van der Waals surface area contributed by atoms with E-state index in [-0.39, 0.29) is 0 Å². The van der Waals surface area contributed by atoms with Gasteiger partial charge in [-0.15, -0.1) is 0 Å². The minimum Gasteiger partial charge on any atom is -0.475 e. The van der Waals surface area contributed by atoms with Crippen molar-refractivity contribution < 1.29 is 27.9 Å². The molecule has 0 bridgehead atoms. The van der Waals surface area contributed by atoms with Crippen LogP contribution in [0.15, 0.2) is 0 Å². The molecule has 14 heavy (non-hydrogen) atoms. The predicted octanol–water partition coefficient (Wildman–Crippen LogP) is -0.258. The van der Waals surface area contributed by atoms with E-state index in [0.717, 1.165) is 13.1 Å². The molecule has 0 aliphatic carbocycles. The molecular weight excluding hydrogens is 205 g/mol. The van der Waals surface area contributed by atoms with Crippen molar-refractivity contribution in [1.29, 1.82) is 0 Å². The number of rotatable bonds is 2. The minimum atomic E-state index is -5.08. The summed E-state index contributed by atoms with van der Waals surface area (Å²) in [6.07, 6.45) is -5.08. The van der Waals surface area contributed by atoms with E-state index in [1.165, 1.54) is 0 Å². The molecule has 3 N–H and O–H groups in total. The van der Waals surface area contributed by atoms with Crippen LogP contribution in [0.25, 0.3) is 0 Å². The van der Waals surface area contributed by atoms with Crippen LogP contribution in [0.4, 0.5) is 13.2 Å². The quantitative estimate of drug-likeness (QED) is 0.555. The third-order valence-corrected chi connectivity index (χ3v) is 1.31. The number of carbonyl (C=O) groups is 1. The number of hydrogen-bond acceptors (Lipinski definition) is 4. The molecule has 5 nitrogen and oxygen atoms in total. The molecule has 1 fully saturated rings. The van der Waals surface area contributed by atoms with Gasteiger partial charge in [-0.1, -0.05) is 0 Å². The van der Waals surface area contributed by atoms with E-state index < -0.39 is 12.1 Å². The van der Waals surface area contributed by atoms with E-state index in [0.29, 0.717) is 6.04 Å². The molecular formula is C6H11F3N2O3. The molecule has 0 radical (unpaired) electrons. The fraction of sp³-hybridized carbons (Fsp3) is 0.833. The molecule has 0 aromatic rings. The van der Waals surface area contributed by atoms with Gasteiger partial charge in [-0.25, -0.2) is 4.79 Å². The van der Waals surface area contributed by atoms with Crippen molar-refractivity contribution in [2.24, 2.45) is 0 Å². The smallest absolute Gasteiger partial charge is 0.475 e. The molecule has 8 heteroatoms. The largest absolute Gasteiger partial charge is 0.490 e. The lowest BCUT2D eigenvalue weighted by Gasteiger charge is -2.26. The first kappa shape index (κ1) is 13.1. The number of aliphatic carboxylic acids is 1. The summed E-state index contributed by atoms with van der Waals surface area (Å²) in [4.78, 5) is 13.6. The predicted molar refractivity (Wildman–Crippen MR) is 40.5 cm³/mol. The van der Waals surface area contributed by atoms with E-state index in [1.807, 2.05) is 0 Å². The second kappa shape index (κ2) is 5.78. The van der Waals surface area contributed by atoms with Crippen LogP contribution >= 0.6 is 0 Å². The van der Waals surface area contributed by atoms with E-state index in [2.05, 4.69) is 15.6 Å². The lowest BCUT2D eigenvalue weighted by molar-refractivity contribution is -0.192. The van der Waals surface area contributed by atoms with Gasteiger partial charge in [0.05, 0.1) is 13.2 Å². The summed E-state index contributed by atoms with van der Waals surface area (Å²) in [5.41, 5.74) is 2.82. The maximum atomic E-state index is 10.6. The number of carboxylic acid groups (broad SMARTS) is 1. The Hall–Kier alpha value is -0.860. The molecule has 0 atom stereocenters. The number of hydroxylamine groups is 1. The normalized spacial score (nSPS) is 16.6. The van der Waals surface area contributed by atoms with Crippen molar-refractivity contribution >= 4 is 5.97 Å². The van der Waals surface area contributed by atoms with Gasteiger partial charge in [0, 0.05) is 13.1 Å². The van der Waals surface area contributed by atoms with E-state index in [4.69, 9.17) is 9.90 Å². The molecule has 1 rings (SSSR count). The van der Waals surface area contributed by atoms with Crippen molar-refractivity contribution in [3.05, 3.63) is 0 Å². The van der Waals surface area contributed by atoms with Gasteiger partial charge in [0.2, 0.25) is 0 Å². The molecule has 1 aliphatic heterocycles. The van der Waals surface area contributed by atoms with Gasteiger partial charge in [-0.2, -0.15) is 18.7 Å². The number of halogens is 3. The summed E-state index contributed by atoms with van der Waals surface area (Å²) < 4.78 is 31.7. The minimum absolute atomic E-state index is 0.546. The van der Waals surface area contributed by atoms with Crippen LogP contribution in [0.2, 0.25) is 0 Å². The first-order chi connectivity index (χ1) is 6.38. The van der Waals surface area contributed by atoms with Crippen LogP contribution in [-0.2, 0) is 9.63 Å². The van der Waals surface area contributed by atoms with Crippen LogP contribution in [0.1, 0.15) is 0 Å². The van der Waals surface area contributed by atoms with E-state index >= 15 is 0 Å². The first-order valence-corrected chi connectivity index (χ1v) is 3.67. The summed E-state index contributed by atoms with van der Waals surface area (Å²) in [7, 11) is 1.64. The van der Waals surface area contributed by atoms with Gasteiger partial charge in [0.25, 0.3) is 0 Å². The van der Waals surface area contributed by atoms with Crippen molar-refractivity contribution in [1.82, 2.24) is 10.8 Å². The van der Waals surface area contributed by atoms with Crippen LogP contribution in [0.3, 0.4) is 0 Å². The van der Waals surface area contributed by atoms with Crippen molar-refractivity contribution in [2.75, 3.05) is 20.2 Å². The third kappa shape index (κ3) is 5.73. The first-order valence-electron chi connectivity index (χ1n) is 3.67. The Morgan fingerprint density at radius 3 is 2.07 bits per heavy atom.